The molecule has 3 aromatic rings. The molecule has 34 heavy (non-hydrogen) atoms. The van der Waals surface area contributed by atoms with Crippen LogP contribution in [0.1, 0.15) is 37.5 Å². The minimum absolute atomic E-state index is 0.00548. The van der Waals surface area contributed by atoms with E-state index in [9.17, 15) is 10.1 Å². The summed E-state index contributed by atoms with van der Waals surface area (Å²) in [4.78, 5) is 18.1. The number of hydrogen-bond acceptors (Lipinski definition) is 7. The number of nitriles is 1. The predicted molar refractivity (Wildman–Crippen MR) is 128 cm³/mol. The Morgan fingerprint density at radius 2 is 1.94 bits per heavy atom. The van der Waals surface area contributed by atoms with Crippen LogP contribution in [-0.4, -0.2) is 53.2 Å². The van der Waals surface area contributed by atoms with Gasteiger partial charge in [-0.15, -0.1) is 0 Å². The average Bonchev–Trinajstić information content (AvgIpc) is 3.22. The van der Waals surface area contributed by atoms with Crippen LogP contribution < -0.4 is 10.1 Å². The number of rotatable bonds is 7. The van der Waals surface area contributed by atoms with Crippen LogP contribution in [0.3, 0.4) is 0 Å². The van der Waals surface area contributed by atoms with Crippen molar-refractivity contribution in [3.05, 3.63) is 53.1 Å². The fraction of sp³-hybridized carbons (Fsp3) is 0.385. The van der Waals surface area contributed by atoms with Gasteiger partial charge in [-0.1, -0.05) is 17.3 Å². The van der Waals surface area contributed by atoms with Crippen LogP contribution >= 0.6 is 0 Å². The highest BCUT2D eigenvalue weighted by atomic mass is 16.5. The standard InChI is InChI=1S/C26H29N5O3/c1-17(2)33-24-7-6-22(15-23(24)16-27)26-29-25(30-34-26)21-5-4-19-8-11-31(12-9-20(19)14-21)13-10-28-18(3)32/h4-7,14-15,17H,8-13H2,1-3H3,(H,28,32). The second-order valence-corrected chi connectivity index (χ2v) is 8.72. The van der Waals surface area contributed by atoms with Crippen LogP contribution in [-0.2, 0) is 17.6 Å². The monoisotopic (exact) mass is 459 g/mol. The van der Waals surface area contributed by atoms with Gasteiger partial charge >= 0.3 is 0 Å². The van der Waals surface area contributed by atoms with Crippen LogP contribution in [0.5, 0.6) is 5.75 Å². The number of nitrogens with zero attached hydrogens (tertiary/aromatic N) is 4. The molecular formula is C26H29N5O3. The van der Waals surface area contributed by atoms with E-state index in [-0.39, 0.29) is 12.0 Å². The molecule has 0 spiro atoms. The lowest BCUT2D eigenvalue weighted by molar-refractivity contribution is -0.119. The Morgan fingerprint density at radius 3 is 2.68 bits per heavy atom. The molecule has 1 aliphatic rings. The van der Waals surface area contributed by atoms with E-state index in [0.29, 0.717) is 35.1 Å². The first kappa shape index (κ1) is 23.5. The molecule has 176 valence electrons. The van der Waals surface area contributed by atoms with Crippen LogP contribution in [0.2, 0.25) is 0 Å². The largest absolute Gasteiger partial charge is 0.490 e. The summed E-state index contributed by atoms with van der Waals surface area (Å²) in [6.07, 6.45) is 1.87. The molecule has 2 aromatic carbocycles. The molecule has 0 saturated carbocycles. The Balaban J connectivity index is 1.49. The molecule has 0 unspecified atom stereocenters. The van der Waals surface area contributed by atoms with Crippen molar-refractivity contribution in [1.29, 1.82) is 5.26 Å². The van der Waals surface area contributed by atoms with Crippen LogP contribution in [0.15, 0.2) is 40.9 Å². The van der Waals surface area contributed by atoms with E-state index in [1.54, 1.807) is 19.1 Å². The smallest absolute Gasteiger partial charge is 0.258 e. The number of fused-ring (bicyclic) bond motifs is 1. The molecule has 1 aromatic heterocycles. The van der Waals surface area contributed by atoms with Gasteiger partial charge in [-0.05, 0) is 62.1 Å². The van der Waals surface area contributed by atoms with Crippen LogP contribution in [0, 0.1) is 11.3 Å². The number of carbonyl (C=O) groups excluding carboxylic acids is 1. The highest BCUT2D eigenvalue weighted by molar-refractivity contribution is 5.72. The Kier molecular flexibility index (Phi) is 7.24. The number of hydrogen-bond donors (Lipinski definition) is 1. The molecular weight excluding hydrogens is 430 g/mol. The first-order valence-corrected chi connectivity index (χ1v) is 11.6. The third-order valence-corrected chi connectivity index (χ3v) is 5.80. The fourth-order valence-electron chi connectivity index (χ4n) is 4.09. The third-order valence-electron chi connectivity index (χ3n) is 5.80. The van der Waals surface area contributed by atoms with Gasteiger partial charge in [0.05, 0.1) is 11.7 Å². The first-order chi connectivity index (χ1) is 16.4. The molecule has 1 amide bonds. The van der Waals surface area contributed by atoms with E-state index in [2.05, 4.69) is 38.6 Å². The van der Waals surface area contributed by atoms with Gasteiger partial charge in [0.1, 0.15) is 11.8 Å². The number of amides is 1. The minimum Gasteiger partial charge on any atom is -0.490 e. The molecule has 0 aliphatic carbocycles. The molecule has 1 N–H and O–H groups in total. The lowest BCUT2D eigenvalue weighted by Gasteiger charge is -2.19. The molecule has 1 aliphatic heterocycles. The number of aromatic nitrogens is 2. The lowest BCUT2D eigenvalue weighted by atomic mass is 10.00. The van der Waals surface area contributed by atoms with E-state index >= 15 is 0 Å². The van der Waals surface area contributed by atoms with Gasteiger partial charge in [0.25, 0.3) is 5.89 Å². The summed E-state index contributed by atoms with van der Waals surface area (Å²) in [5.74, 6) is 1.43. The second kappa shape index (κ2) is 10.5. The molecule has 0 bridgehead atoms. The summed E-state index contributed by atoms with van der Waals surface area (Å²) in [7, 11) is 0. The quantitative estimate of drug-likeness (QED) is 0.576. The van der Waals surface area contributed by atoms with Gasteiger partial charge < -0.3 is 19.5 Å². The molecule has 8 nitrogen and oxygen atoms in total. The zero-order chi connectivity index (χ0) is 24.1. The Labute approximate surface area is 199 Å². The van der Waals surface area contributed by atoms with Gasteiger partial charge in [0.15, 0.2) is 0 Å². The normalized spacial score (nSPS) is 13.7. The van der Waals surface area contributed by atoms with E-state index in [1.165, 1.54) is 11.1 Å². The predicted octanol–water partition coefficient (Wildman–Crippen LogP) is 3.60. The van der Waals surface area contributed by atoms with Crippen molar-refractivity contribution in [1.82, 2.24) is 20.4 Å². The molecule has 0 atom stereocenters. The van der Waals surface area contributed by atoms with E-state index in [4.69, 9.17) is 9.26 Å². The van der Waals surface area contributed by atoms with Crippen LogP contribution in [0.25, 0.3) is 22.8 Å². The lowest BCUT2D eigenvalue weighted by Crippen LogP contribution is -2.35. The van der Waals surface area contributed by atoms with Crippen molar-refractivity contribution in [2.45, 2.75) is 39.7 Å². The SMILES string of the molecule is CC(=O)NCCN1CCc2ccc(-c3noc(-c4ccc(OC(C)C)c(C#N)c4)n3)cc2CC1. The maximum absolute atomic E-state index is 11.1. The van der Waals surface area contributed by atoms with Gasteiger partial charge in [-0.25, -0.2) is 0 Å². The average molecular weight is 460 g/mol. The van der Waals surface area contributed by atoms with Crippen molar-refractivity contribution < 1.29 is 14.1 Å². The summed E-state index contributed by atoms with van der Waals surface area (Å²) in [5, 5.41) is 16.5. The molecule has 0 fully saturated rings. The maximum Gasteiger partial charge on any atom is 0.258 e. The Morgan fingerprint density at radius 1 is 1.18 bits per heavy atom. The topological polar surface area (TPSA) is 104 Å². The zero-order valence-electron chi connectivity index (χ0n) is 19.8. The first-order valence-electron chi connectivity index (χ1n) is 11.6. The molecule has 2 heterocycles. The summed E-state index contributed by atoms with van der Waals surface area (Å²) in [6.45, 7) is 8.81. The van der Waals surface area contributed by atoms with Gasteiger partial charge in [-0.2, -0.15) is 10.2 Å². The van der Waals surface area contributed by atoms with E-state index in [1.807, 2.05) is 26.0 Å². The third kappa shape index (κ3) is 5.61. The molecule has 4 rings (SSSR count). The van der Waals surface area contributed by atoms with Gasteiger partial charge in [-0.3, -0.25) is 4.79 Å². The summed E-state index contributed by atoms with van der Waals surface area (Å²) >= 11 is 0. The molecule has 0 saturated heterocycles. The van der Waals surface area contributed by atoms with Crippen molar-refractivity contribution in [2.24, 2.45) is 0 Å². The highest BCUT2D eigenvalue weighted by Crippen LogP contribution is 2.29. The summed E-state index contributed by atoms with van der Waals surface area (Å²) < 4.78 is 11.2. The minimum atomic E-state index is -0.0227. The van der Waals surface area contributed by atoms with Gasteiger partial charge in [0, 0.05) is 44.2 Å². The van der Waals surface area contributed by atoms with Crippen molar-refractivity contribution in [3.8, 4) is 34.7 Å². The highest BCUT2D eigenvalue weighted by Gasteiger charge is 2.18. The second-order valence-electron chi connectivity index (χ2n) is 8.72. The Hall–Kier alpha value is -3.70. The molecule has 0 radical (unpaired) electrons. The number of carbonyl (C=O) groups is 1. The zero-order valence-corrected chi connectivity index (χ0v) is 19.8. The number of ether oxygens (including phenoxy) is 1. The van der Waals surface area contributed by atoms with Crippen LogP contribution in [0.4, 0.5) is 0 Å². The van der Waals surface area contributed by atoms with Crippen molar-refractivity contribution in [3.63, 3.8) is 0 Å². The summed E-state index contributed by atoms with van der Waals surface area (Å²) in [6, 6.07) is 13.8. The van der Waals surface area contributed by atoms with Crippen molar-refractivity contribution >= 4 is 5.91 Å². The Bertz CT molecular complexity index is 1210. The van der Waals surface area contributed by atoms with E-state index < -0.39 is 0 Å². The molecule has 8 heteroatoms. The number of benzene rings is 2. The summed E-state index contributed by atoms with van der Waals surface area (Å²) in [5.41, 5.74) is 4.62. The number of nitrogens with one attached hydrogen (secondary N) is 1. The fourth-order valence-corrected chi connectivity index (χ4v) is 4.09. The maximum atomic E-state index is 11.1. The van der Waals surface area contributed by atoms with E-state index in [0.717, 1.165) is 38.0 Å². The van der Waals surface area contributed by atoms with Gasteiger partial charge in [0.2, 0.25) is 11.7 Å². The van der Waals surface area contributed by atoms with Crippen molar-refractivity contribution in [2.75, 3.05) is 26.2 Å².